The number of alkyl halides is 1. The summed E-state index contributed by atoms with van der Waals surface area (Å²) in [6.07, 6.45) is 0. The lowest BCUT2D eigenvalue weighted by Gasteiger charge is -2.09. The van der Waals surface area contributed by atoms with Gasteiger partial charge in [-0.2, -0.15) is 0 Å². The van der Waals surface area contributed by atoms with Gasteiger partial charge in [0.1, 0.15) is 5.75 Å². The first-order valence-corrected chi connectivity index (χ1v) is 5.04. The minimum Gasteiger partial charge on any atom is -0.496 e. The third-order valence-electron chi connectivity index (χ3n) is 1.83. The molecule has 0 radical (unpaired) electrons. The number of carbonyl (C=O) groups is 1. The van der Waals surface area contributed by atoms with E-state index in [1.165, 1.54) is 13.2 Å². The van der Waals surface area contributed by atoms with Crippen molar-refractivity contribution in [2.45, 2.75) is 0 Å². The minimum absolute atomic E-state index is 0.0893. The molecule has 5 heteroatoms. The van der Waals surface area contributed by atoms with Crippen LogP contribution < -0.4 is 16.2 Å². The lowest BCUT2D eigenvalue weighted by molar-refractivity contribution is 0.102. The van der Waals surface area contributed by atoms with Crippen molar-refractivity contribution in [3.63, 3.8) is 0 Å². The Morgan fingerprint density at radius 1 is 1.43 bits per heavy atom. The second-order valence-electron chi connectivity index (χ2n) is 2.74. The lowest BCUT2D eigenvalue weighted by atomic mass is 10.1. The SMILES string of the molecule is COc1cc(N)c(N)cc1C(=O)CBr. The number of ether oxygens (including phenoxy) is 1. The third kappa shape index (κ3) is 1.98. The predicted octanol–water partition coefficient (Wildman–Crippen LogP) is 1.44. The van der Waals surface area contributed by atoms with E-state index in [0.717, 1.165) is 0 Å². The topological polar surface area (TPSA) is 78.3 Å². The average molecular weight is 259 g/mol. The first kappa shape index (κ1) is 10.8. The van der Waals surface area contributed by atoms with Crippen molar-refractivity contribution >= 4 is 33.1 Å². The van der Waals surface area contributed by atoms with E-state index in [1.54, 1.807) is 6.07 Å². The molecule has 76 valence electrons. The highest BCUT2D eigenvalue weighted by molar-refractivity contribution is 9.09. The van der Waals surface area contributed by atoms with Gasteiger partial charge in [-0.1, -0.05) is 15.9 Å². The molecule has 0 spiro atoms. The molecule has 14 heavy (non-hydrogen) atoms. The van der Waals surface area contributed by atoms with Gasteiger partial charge in [-0.15, -0.1) is 0 Å². The number of hydrogen-bond donors (Lipinski definition) is 2. The van der Waals surface area contributed by atoms with E-state index in [0.29, 0.717) is 22.7 Å². The van der Waals surface area contributed by atoms with Crippen LogP contribution in [0, 0.1) is 0 Å². The van der Waals surface area contributed by atoms with Crippen molar-refractivity contribution in [3.8, 4) is 5.75 Å². The first-order valence-electron chi connectivity index (χ1n) is 3.92. The Kier molecular flexibility index (Phi) is 3.35. The van der Waals surface area contributed by atoms with E-state index in [9.17, 15) is 4.79 Å². The molecule has 0 fully saturated rings. The van der Waals surface area contributed by atoms with Gasteiger partial charge in [0.2, 0.25) is 0 Å². The molecule has 0 atom stereocenters. The van der Waals surface area contributed by atoms with Crippen molar-refractivity contribution in [1.29, 1.82) is 0 Å². The van der Waals surface area contributed by atoms with Gasteiger partial charge in [-0.3, -0.25) is 4.79 Å². The van der Waals surface area contributed by atoms with Crippen LogP contribution in [-0.4, -0.2) is 18.2 Å². The molecule has 4 N–H and O–H groups in total. The summed E-state index contributed by atoms with van der Waals surface area (Å²) in [7, 11) is 1.48. The molecular weight excluding hydrogens is 248 g/mol. The van der Waals surface area contributed by atoms with Crippen LogP contribution in [0.2, 0.25) is 0 Å². The van der Waals surface area contributed by atoms with E-state index in [2.05, 4.69) is 15.9 Å². The summed E-state index contributed by atoms with van der Waals surface area (Å²) in [6.45, 7) is 0. The summed E-state index contributed by atoms with van der Waals surface area (Å²) in [5.41, 5.74) is 12.4. The fraction of sp³-hybridized carbons (Fsp3) is 0.222. The molecule has 0 amide bonds. The Balaban J connectivity index is 3.27. The predicted molar refractivity (Wildman–Crippen MR) is 59.9 cm³/mol. The highest BCUT2D eigenvalue weighted by atomic mass is 79.9. The smallest absolute Gasteiger partial charge is 0.177 e. The van der Waals surface area contributed by atoms with Crippen LogP contribution in [0.1, 0.15) is 10.4 Å². The summed E-state index contributed by atoms with van der Waals surface area (Å²) in [4.78, 5) is 11.4. The molecule has 4 nitrogen and oxygen atoms in total. The fourth-order valence-electron chi connectivity index (χ4n) is 1.07. The Hall–Kier alpha value is -1.23. The number of carbonyl (C=O) groups excluding carboxylic acids is 1. The maximum absolute atomic E-state index is 11.4. The van der Waals surface area contributed by atoms with Gasteiger partial charge in [0.15, 0.2) is 5.78 Å². The second-order valence-corrected chi connectivity index (χ2v) is 3.30. The number of methoxy groups -OCH3 is 1. The molecule has 0 saturated heterocycles. The summed E-state index contributed by atoms with van der Waals surface area (Å²) in [5, 5.41) is 0.229. The highest BCUT2D eigenvalue weighted by Crippen LogP contribution is 2.27. The van der Waals surface area contributed by atoms with E-state index in [-0.39, 0.29) is 11.1 Å². The number of hydrogen-bond acceptors (Lipinski definition) is 4. The molecular formula is C9H11BrN2O2. The molecule has 0 aliphatic rings. The lowest BCUT2D eigenvalue weighted by Crippen LogP contribution is -2.06. The molecule has 1 aromatic rings. The number of ketones is 1. The van der Waals surface area contributed by atoms with Crippen molar-refractivity contribution in [2.75, 3.05) is 23.9 Å². The Bertz CT molecular complexity index is 366. The summed E-state index contributed by atoms with van der Waals surface area (Å²) in [6, 6.07) is 3.07. The van der Waals surface area contributed by atoms with Crippen LogP contribution in [0.25, 0.3) is 0 Å². The monoisotopic (exact) mass is 258 g/mol. The zero-order valence-corrected chi connectivity index (χ0v) is 9.30. The zero-order valence-electron chi connectivity index (χ0n) is 7.71. The van der Waals surface area contributed by atoms with E-state index in [1.807, 2.05) is 0 Å². The molecule has 0 heterocycles. The average Bonchev–Trinajstić information content (AvgIpc) is 2.20. The molecule has 1 aromatic carbocycles. The van der Waals surface area contributed by atoms with Crippen molar-refractivity contribution in [2.24, 2.45) is 0 Å². The number of benzene rings is 1. The number of halogens is 1. The van der Waals surface area contributed by atoms with Gasteiger partial charge >= 0.3 is 0 Å². The van der Waals surface area contributed by atoms with Gasteiger partial charge < -0.3 is 16.2 Å². The van der Waals surface area contributed by atoms with Gasteiger partial charge in [0.05, 0.1) is 29.4 Å². The molecule has 0 aliphatic carbocycles. The minimum atomic E-state index is -0.0893. The third-order valence-corrected chi connectivity index (χ3v) is 2.34. The van der Waals surface area contributed by atoms with Crippen molar-refractivity contribution in [3.05, 3.63) is 17.7 Å². The first-order chi connectivity index (χ1) is 6.60. The van der Waals surface area contributed by atoms with E-state index >= 15 is 0 Å². The Labute approximate surface area is 90.3 Å². The molecule has 0 aliphatic heterocycles. The normalized spacial score (nSPS) is 9.86. The molecule has 0 saturated carbocycles. The van der Waals surface area contributed by atoms with Gasteiger partial charge in [-0.25, -0.2) is 0 Å². The number of rotatable bonds is 3. The van der Waals surface area contributed by atoms with Crippen LogP contribution in [0.15, 0.2) is 12.1 Å². The fourth-order valence-corrected chi connectivity index (χ4v) is 1.37. The van der Waals surface area contributed by atoms with Crippen LogP contribution in [-0.2, 0) is 0 Å². The second kappa shape index (κ2) is 4.32. The van der Waals surface area contributed by atoms with Crippen LogP contribution in [0.3, 0.4) is 0 Å². The molecule has 0 aromatic heterocycles. The summed E-state index contributed by atoms with van der Waals surface area (Å²) < 4.78 is 5.03. The number of anilines is 2. The quantitative estimate of drug-likeness (QED) is 0.489. The van der Waals surface area contributed by atoms with Crippen molar-refractivity contribution in [1.82, 2.24) is 0 Å². The zero-order chi connectivity index (χ0) is 10.7. The Morgan fingerprint density at radius 2 is 2.00 bits per heavy atom. The Morgan fingerprint density at radius 3 is 2.50 bits per heavy atom. The van der Waals surface area contributed by atoms with Crippen molar-refractivity contribution < 1.29 is 9.53 Å². The largest absolute Gasteiger partial charge is 0.496 e. The van der Waals surface area contributed by atoms with Gasteiger partial charge in [0, 0.05) is 6.07 Å². The molecule has 0 unspecified atom stereocenters. The summed E-state index contributed by atoms with van der Waals surface area (Å²) in [5.74, 6) is 0.356. The number of nitrogen functional groups attached to an aromatic ring is 2. The van der Waals surface area contributed by atoms with Gasteiger partial charge in [0.25, 0.3) is 0 Å². The maximum atomic E-state index is 11.4. The standard InChI is InChI=1S/C9H11BrN2O2/c1-14-9-3-7(12)6(11)2-5(9)8(13)4-10/h2-3H,4,11-12H2,1H3. The molecule has 0 bridgehead atoms. The maximum Gasteiger partial charge on any atom is 0.177 e. The van der Waals surface area contributed by atoms with E-state index < -0.39 is 0 Å². The van der Waals surface area contributed by atoms with Crippen LogP contribution >= 0.6 is 15.9 Å². The highest BCUT2D eigenvalue weighted by Gasteiger charge is 2.12. The number of Topliss-reactive ketones (excluding diaryl/α,β-unsaturated/α-hetero) is 1. The van der Waals surface area contributed by atoms with Gasteiger partial charge in [-0.05, 0) is 6.07 Å². The summed E-state index contributed by atoms with van der Waals surface area (Å²) >= 11 is 3.08. The molecule has 1 rings (SSSR count). The van der Waals surface area contributed by atoms with Crippen LogP contribution in [0.4, 0.5) is 11.4 Å². The number of nitrogens with two attached hydrogens (primary N) is 2. The van der Waals surface area contributed by atoms with Crippen LogP contribution in [0.5, 0.6) is 5.75 Å². The van der Waals surface area contributed by atoms with E-state index in [4.69, 9.17) is 16.2 Å².